The summed E-state index contributed by atoms with van der Waals surface area (Å²) in [6, 6.07) is 0.216. The molecule has 0 saturated carbocycles. The minimum absolute atomic E-state index is 0.0735. The highest BCUT2D eigenvalue weighted by atomic mass is 16.5. The van der Waals surface area contributed by atoms with Gasteiger partial charge in [-0.15, -0.1) is 0 Å². The van der Waals surface area contributed by atoms with Gasteiger partial charge in [0.25, 0.3) is 0 Å². The molecule has 2 heterocycles. The zero-order valence-electron chi connectivity index (χ0n) is 11.6. The molecule has 0 radical (unpaired) electrons. The van der Waals surface area contributed by atoms with Crippen molar-refractivity contribution >= 4 is 0 Å². The highest BCUT2D eigenvalue weighted by molar-refractivity contribution is 5.35. The first-order valence-corrected chi connectivity index (χ1v) is 6.88. The molecule has 1 saturated heterocycles. The highest BCUT2D eigenvalue weighted by Crippen LogP contribution is 2.45. The fraction of sp³-hybridized carbons (Fsp3) is 0.786. The van der Waals surface area contributed by atoms with Crippen LogP contribution >= 0.6 is 0 Å². The van der Waals surface area contributed by atoms with Crippen LogP contribution in [0.4, 0.5) is 0 Å². The van der Waals surface area contributed by atoms with Crippen LogP contribution in [0.3, 0.4) is 0 Å². The maximum absolute atomic E-state index is 6.39. The summed E-state index contributed by atoms with van der Waals surface area (Å²) in [5.74, 6) is 0. The largest absolute Gasteiger partial charge is 0.364 e. The normalized spacial score (nSPS) is 27.7. The van der Waals surface area contributed by atoms with Gasteiger partial charge in [0.2, 0.25) is 0 Å². The number of rotatable bonds is 0. The van der Waals surface area contributed by atoms with E-state index in [1.165, 1.54) is 5.56 Å². The van der Waals surface area contributed by atoms with Crippen molar-refractivity contribution in [3.63, 3.8) is 0 Å². The van der Waals surface area contributed by atoms with Crippen LogP contribution < -0.4 is 5.73 Å². The van der Waals surface area contributed by atoms with Gasteiger partial charge in [-0.25, -0.2) is 0 Å². The second-order valence-corrected chi connectivity index (χ2v) is 6.81. The van der Waals surface area contributed by atoms with Gasteiger partial charge in [0.15, 0.2) is 0 Å². The molecule has 1 atom stereocenters. The zero-order valence-corrected chi connectivity index (χ0v) is 11.6. The summed E-state index contributed by atoms with van der Waals surface area (Å²) in [5, 5.41) is 4.24. The van der Waals surface area contributed by atoms with E-state index in [1.54, 1.807) is 6.26 Å². The number of nitrogens with zero attached hydrogens (tertiary/aromatic N) is 2. The molecular weight excluding hydrogens is 226 g/mol. The summed E-state index contributed by atoms with van der Waals surface area (Å²) >= 11 is 0. The van der Waals surface area contributed by atoms with Crippen LogP contribution in [0.1, 0.15) is 44.9 Å². The molecule has 0 aromatic carbocycles. The molecule has 2 aliphatic rings. The summed E-state index contributed by atoms with van der Waals surface area (Å²) in [4.78, 5) is 2.54. The number of fused-ring (bicyclic) bond motifs is 2. The molecule has 1 aromatic heterocycles. The molecule has 1 spiro atoms. The molecule has 0 unspecified atom stereocenters. The topological polar surface area (TPSA) is 55.3 Å². The fourth-order valence-corrected chi connectivity index (χ4v) is 3.60. The van der Waals surface area contributed by atoms with Crippen molar-refractivity contribution in [3.05, 3.63) is 17.5 Å². The van der Waals surface area contributed by atoms with Crippen molar-refractivity contribution in [3.8, 4) is 0 Å². The number of hydrogen-bond donors (Lipinski definition) is 1. The van der Waals surface area contributed by atoms with E-state index in [1.807, 2.05) is 0 Å². The molecule has 4 heteroatoms. The average Bonchev–Trinajstić information content (AvgIpc) is 2.83. The standard InChI is InChI=1S/C14H23N3O/c1-13(2,3)17-6-4-14(5-7-17)11(15)8-10-9-18-16-12(10)14/h9,11H,4-8,15H2,1-3H3/t11-/m1/s1. The van der Waals surface area contributed by atoms with Crippen molar-refractivity contribution in [1.29, 1.82) is 0 Å². The maximum Gasteiger partial charge on any atom is 0.127 e. The van der Waals surface area contributed by atoms with Crippen molar-refractivity contribution in [2.75, 3.05) is 13.1 Å². The van der Waals surface area contributed by atoms with Crippen LogP contribution in [-0.4, -0.2) is 34.7 Å². The van der Waals surface area contributed by atoms with E-state index >= 15 is 0 Å². The molecule has 3 rings (SSSR count). The van der Waals surface area contributed by atoms with E-state index in [-0.39, 0.29) is 17.0 Å². The van der Waals surface area contributed by atoms with Crippen molar-refractivity contribution in [2.45, 2.75) is 57.0 Å². The summed E-state index contributed by atoms with van der Waals surface area (Å²) in [6.45, 7) is 9.04. The molecule has 100 valence electrons. The minimum atomic E-state index is 0.0735. The predicted molar refractivity (Wildman–Crippen MR) is 70.4 cm³/mol. The van der Waals surface area contributed by atoms with E-state index in [9.17, 15) is 0 Å². The lowest BCUT2D eigenvalue weighted by molar-refractivity contribution is 0.0660. The van der Waals surface area contributed by atoms with Gasteiger partial charge in [0, 0.05) is 22.6 Å². The smallest absolute Gasteiger partial charge is 0.127 e. The van der Waals surface area contributed by atoms with Gasteiger partial charge in [-0.1, -0.05) is 5.16 Å². The zero-order chi connectivity index (χ0) is 13.0. The van der Waals surface area contributed by atoms with Crippen LogP contribution in [0.25, 0.3) is 0 Å². The Bertz CT molecular complexity index is 438. The molecule has 4 nitrogen and oxygen atoms in total. The van der Waals surface area contributed by atoms with Crippen molar-refractivity contribution in [1.82, 2.24) is 10.1 Å². The summed E-state index contributed by atoms with van der Waals surface area (Å²) in [5.41, 5.74) is 9.08. The van der Waals surface area contributed by atoms with E-state index in [0.717, 1.165) is 38.0 Å². The van der Waals surface area contributed by atoms with Gasteiger partial charge in [0.1, 0.15) is 6.26 Å². The molecule has 2 N–H and O–H groups in total. The molecule has 0 amide bonds. The van der Waals surface area contributed by atoms with Gasteiger partial charge in [0.05, 0.1) is 5.69 Å². The summed E-state index contributed by atoms with van der Waals surface area (Å²) < 4.78 is 5.14. The van der Waals surface area contributed by atoms with E-state index < -0.39 is 0 Å². The number of aromatic nitrogens is 1. The third-order valence-electron chi connectivity index (χ3n) is 4.87. The Morgan fingerprint density at radius 1 is 1.39 bits per heavy atom. The van der Waals surface area contributed by atoms with Crippen molar-refractivity contribution in [2.24, 2.45) is 5.73 Å². The fourth-order valence-electron chi connectivity index (χ4n) is 3.60. The Morgan fingerprint density at radius 2 is 2.06 bits per heavy atom. The third-order valence-corrected chi connectivity index (χ3v) is 4.87. The van der Waals surface area contributed by atoms with Crippen LogP contribution in [-0.2, 0) is 11.8 Å². The second kappa shape index (κ2) is 3.81. The Kier molecular flexibility index (Phi) is 2.58. The minimum Gasteiger partial charge on any atom is -0.364 e. The molecule has 1 aliphatic heterocycles. The SMILES string of the molecule is CC(C)(C)N1CCC2(CC1)c1nocc1C[C@H]2N. The lowest BCUT2D eigenvalue weighted by atomic mass is 9.73. The molecule has 1 fully saturated rings. The molecule has 1 aromatic rings. The van der Waals surface area contributed by atoms with Gasteiger partial charge in [-0.05, 0) is 53.1 Å². The first-order chi connectivity index (χ1) is 8.43. The first-order valence-electron chi connectivity index (χ1n) is 6.88. The average molecular weight is 249 g/mol. The summed E-state index contributed by atoms with van der Waals surface area (Å²) in [7, 11) is 0. The van der Waals surface area contributed by atoms with Crippen LogP contribution in [0.2, 0.25) is 0 Å². The van der Waals surface area contributed by atoms with Gasteiger partial charge < -0.3 is 10.3 Å². The van der Waals surface area contributed by atoms with E-state index in [0.29, 0.717) is 0 Å². The molecule has 0 bridgehead atoms. The predicted octanol–water partition coefficient (Wildman–Crippen LogP) is 1.69. The highest BCUT2D eigenvalue weighted by Gasteiger charge is 2.50. The number of likely N-dealkylation sites (tertiary alicyclic amines) is 1. The Hall–Kier alpha value is -0.870. The van der Waals surface area contributed by atoms with Crippen LogP contribution in [0.5, 0.6) is 0 Å². The first kappa shape index (κ1) is 12.2. The van der Waals surface area contributed by atoms with Crippen LogP contribution in [0.15, 0.2) is 10.8 Å². The lowest BCUT2D eigenvalue weighted by Crippen LogP contribution is -2.54. The maximum atomic E-state index is 6.39. The molecule has 18 heavy (non-hydrogen) atoms. The van der Waals surface area contributed by atoms with Gasteiger partial charge in [-0.2, -0.15) is 0 Å². The van der Waals surface area contributed by atoms with Gasteiger partial charge in [-0.3, -0.25) is 4.90 Å². The lowest BCUT2D eigenvalue weighted by Gasteiger charge is -2.46. The Morgan fingerprint density at radius 3 is 2.67 bits per heavy atom. The number of nitrogens with two attached hydrogens (primary N) is 1. The van der Waals surface area contributed by atoms with Crippen molar-refractivity contribution < 1.29 is 4.52 Å². The van der Waals surface area contributed by atoms with E-state index in [2.05, 4.69) is 30.8 Å². The van der Waals surface area contributed by atoms with Crippen LogP contribution in [0, 0.1) is 0 Å². The molecular formula is C14H23N3O. The molecule has 1 aliphatic carbocycles. The quantitative estimate of drug-likeness (QED) is 0.760. The Labute approximate surface area is 108 Å². The van der Waals surface area contributed by atoms with E-state index in [4.69, 9.17) is 10.3 Å². The Balaban J connectivity index is 1.84. The number of hydrogen-bond acceptors (Lipinski definition) is 4. The summed E-state index contributed by atoms with van der Waals surface area (Å²) in [6.07, 6.45) is 4.91. The third kappa shape index (κ3) is 1.62. The number of piperidine rings is 1. The second-order valence-electron chi connectivity index (χ2n) is 6.81. The monoisotopic (exact) mass is 249 g/mol. The van der Waals surface area contributed by atoms with Gasteiger partial charge >= 0.3 is 0 Å².